The molecule has 6 nitrogen and oxygen atoms in total. The van der Waals surface area contributed by atoms with Crippen LogP contribution >= 0.6 is 15.9 Å². The molecule has 0 aromatic heterocycles. The summed E-state index contributed by atoms with van der Waals surface area (Å²) in [7, 11) is 0. The Bertz CT molecular complexity index is 1160. The van der Waals surface area contributed by atoms with E-state index in [4.69, 9.17) is 0 Å². The van der Waals surface area contributed by atoms with Gasteiger partial charge in [0.15, 0.2) is 0 Å². The zero-order valence-electron chi connectivity index (χ0n) is 17.1. The molecule has 4 aliphatic rings. The van der Waals surface area contributed by atoms with Crippen LogP contribution < -0.4 is 10.2 Å². The van der Waals surface area contributed by atoms with E-state index in [1.165, 1.54) is 4.90 Å². The number of imide groups is 1. The van der Waals surface area contributed by atoms with Gasteiger partial charge >= 0.3 is 0 Å². The van der Waals surface area contributed by atoms with Gasteiger partial charge in [0.1, 0.15) is 5.54 Å². The van der Waals surface area contributed by atoms with E-state index in [1.54, 1.807) is 12.1 Å². The van der Waals surface area contributed by atoms with Crippen LogP contribution in [0, 0.1) is 11.8 Å². The zero-order chi connectivity index (χ0) is 21.5. The van der Waals surface area contributed by atoms with Crippen LogP contribution in [-0.4, -0.2) is 35.2 Å². The van der Waals surface area contributed by atoms with Crippen molar-refractivity contribution in [2.24, 2.45) is 11.8 Å². The topological polar surface area (TPSA) is 69.7 Å². The summed E-state index contributed by atoms with van der Waals surface area (Å²) in [6.07, 6.45) is 2.58. The second-order valence-electron chi connectivity index (χ2n) is 8.85. The van der Waals surface area contributed by atoms with Gasteiger partial charge in [-0.25, -0.2) is 4.90 Å². The van der Waals surface area contributed by atoms with Gasteiger partial charge in [-0.2, -0.15) is 0 Å². The highest BCUT2D eigenvalue weighted by Gasteiger charge is 2.74. The highest BCUT2D eigenvalue weighted by molar-refractivity contribution is 9.10. The molecule has 31 heavy (non-hydrogen) atoms. The molecule has 4 atom stereocenters. The number of carbonyl (C=O) groups is 3. The molecule has 0 saturated carbocycles. The number of nitrogens with zero attached hydrogens (tertiary/aromatic N) is 2. The highest BCUT2D eigenvalue weighted by Crippen LogP contribution is 2.60. The Kier molecular flexibility index (Phi) is 4.02. The Labute approximate surface area is 188 Å². The van der Waals surface area contributed by atoms with Crippen LogP contribution in [0.4, 0.5) is 11.4 Å². The lowest BCUT2D eigenvalue weighted by atomic mass is 9.75. The van der Waals surface area contributed by atoms with Crippen molar-refractivity contribution in [1.29, 1.82) is 0 Å². The van der Waals surface area contributed by atoms with Crippen LogP contribution in [0.15, 0.2) is 46.9 Å². The molecule has 7 heteroatoms. The van der Waals surface area contributed by atoms with Crippen LogP contribution in [0.5, 0.6) is 0 Å². The van der Waals surface area contributed by atoms with Gasteiger partial charge in [0.25, 0.3) is 0 Å². The van der Waals surface area contributed by atoms with E-state index in [0.717, 1.165) is 47.1 Å². The quantitative estimate of drug-likeness (QED) is 0.669. The molecule has 2 aromatic rings. The average molecular weight is 480 g/mol. The summed E-state index contributed by atoms with van der Waals surface area (Å²) in [6.45, 7) is 2.80. The number of anilines is 2. The average Bonchev–Trinajstić information content (AvgIpc) is 3.46. The van der Waals surface area contributed by atoms with E-state index in [9.17, 15) is 14.4 Å². The molecule has 0 aliphatic carbocycles. The minimum Gasteiger partial charge on any atom is -0.324 e. The van der Waals surface area contributed by atoms with E-state index in [-0.39, 0.29) is 23.8 Å². The lowest BCUT2D eigenvalue weighted by Crippen LogP contribution is -2.54. The second-order valence-corrected chi connectivity index (χ2v) is 9.77. The van der Waals surface area contributed by atoms with Gasteiger partial charge in [0.05, 0.1) is 17.5 Å². The lowest BCUT2D eigenvalue weighted by Gasteiger charge is -2.36. The maximum Gasteiger partial charge on any atom is 0.250 e. The molecule has 6 rings (SSSR count). The SMILES string of the molecule is CCc1ccc2c(c1)[C@]1(C(=O)N2)[C@@H]2C(=O)N(c3cccc(Br)c3)C(=O)[C@H]2[C@H]2CCCN21. The minimum absolute atomic E-state index is 0.0967. The first-order chi connectivity index (χ1) is 15.0. The predicted molar refractivity (Wildman–Crippen MR) is 119 cm³/mol. The summed E-state index contributed by atoms with van der Waals surface area (Å²) >= 11 is 3.44. The molecular weight excluding hydrogens is 458 g/mol. The third-order valence-electron chi connectivity index (χ3n) is 7.53. The number of benzene rings is 2. The molecule has 0 bridgehead atoms. The fourth-order valence-electron chi connectivity index (χ4n) is 6.34. The highest BCUT2D eigenvalue weighted by atomic mass is 79.9. The van der Waals surface area contributed by atoms with Crippen molar-refractivity contribution in [1.82, 2.24) is 4.90 Å². The fourth-order valence-corrected chi connectivity index (χ4v) is 6.73. The molecule has 3 amide bonds. The second kappa shape index (κ2) is 6.50. The smallest absolute Gasteiger partial charge is 0.250 e. The number of carbonyl (C=O) groups excluding carboxylic acids is 3. The predicted octanol–water partition coefficient (Wildman–Crippen LogP) is 3.44. The third kappa shape index (κ3) is 2.28. The Morgan fingerprint density at radius 1 is 1.13 bits per heavy atom. The largest absolute Gasteiger partial charge is 0.324 e. The Morgan fingerprint density at radius 3 is 2.74 bits per heavy atom. The van der Waals surface area contributed by atoms with E-state index in [1.807, 2.05) is 24.3 Å². The van der Waals surface area contributed by atoms with Gasteiger partial charge in [-0.3, -0.25) is 19.3 Å². The Balaban J connectivity index is 1.56. The van der Waals surface area contributed by atoms with Crippen molar-refractivity contribution in [3.05, 3.63) is 58.1 Å². The summed E-state index contributed by atoms with van der Waals surface area (Å²) in [5, 5.41) is 3.04. The van der Waals surface area contributed by atoms with E-state index in [2.05, 4.69) is 39.1 Å². The summed E-state index contributed by atoms with van der Waals surface area (Å²) < 4.78 is 0.802. The van der Waals surface area contributed by atoms with Gasteiger partial charge in [-0.05, 0) is 55.6 Å². The third-order valence-corrected chi connectivity index (χ3v) is 8.02. The molecule has 0 unspecified atom stereocenters. The molecule has 2 aromatic carbocycles. The van der Waals surface area contributed by atoms with Crippen LogP contribution in [0.25, 0.3) is 0 Å². The monoisotopic (exact) mass is 479 g/mol. The van der Waals surface area contributed by atoms with E-state index < -0.39 is 17.4 Å². The molecular formula is C24H22BrN3O3. The first kappa shape index (κ1) is 19.2. The summed E-state index contributed by atoms with van der Waals surface area (Å²) in [4.78, 5) is 44.7. The van der Waals surface area contributed by atoms with Crippen LogP contribution in [-0.2, 0) is 26.3 Å². The normalized spacial score (nSPS) is 31.4. The van der Waals surface area contributed by atoms with Crippen molar-refractivity contribution >= 4 is 45.0 Å². The Hall–Kier alpha value is -2.51. The maximum absolute atomic E-state index is 13.9. The molecule has 4 heterocycles. The molecule has 0 radical (unpaired) electrons. The van der Waals surface area contributed by atoms with E-state index in [0.29, 0.717) is 5.69 Å². The van der Waals surface area contributed by atoms with Gasteiger partial charge in [0, 0.05) is 21.8 Å². The number of nitrogens with one attached hydrogen (secondary N) is 1. The summed E-state index contributed by atoms with van der Waals surface area (Å²) in [5.41, 5.74) is 2.18. The number of aryl methyl sites for hydroxylation is 1. The number of hydrogen-bond donors (Lipinski definition) is 1. The van der Waals surface area contributed by atoms with Crippen molar-refractivity contribution < 1.29 is 14.4 Å². The number of fused-ring (bicyclic) bond motifs is 7. The van der Waals surface area contributed by atoms with Crippen LogP contribution in [0.2, 0.25) is 0 Å². The summed E-state index contributed by atoms with van der Waals surface area (Å²) in [5.74, 6) is -1.84. The first-order valence-electron chi connectivity index (χ1n) is 10.8. The summed E-state index contributed by atoms with van der Waals surface area (Å²) in [6, 6.07) is 13.2. The maximum atomic E-state index is 13.9. The molecule has 1 spiro atoms. The van der Waals surface area contributed by atoms with Gasteiger partial charge in [-0.15, -0.1) is 0 Å². The minimum atomic E-state index is -1.11. The number of amides is 3. The van der Waals surface area contributed by atoms with Crippen LogP contribution in [0.1, 0.15) is 30.9 Å². The van der Waals surface area contributed by atoms with Crippen molar-refractivity contribution in [3.63, 3.8) is 0 Å². The van der Waals surface area contributed by atoms with Gasteiger partial charge in [0.2, 0.25) is 17.7 Å². The fraction of sp³-hybridized carbons (Fsp3) is 0.375. The number of rotatable bonds is 2. The molecule has 4 aliphatic heterocycles. The molecule has 158 valence electrons. The van der Waals surface area contributed by atoms with Crippen LogP contribution in [0.3, 0.4) is 0 Å². The molecule has 3 saturated heterocycles. The lowest BCUT2D eigenvalue weighted by molar-refractivity contribution is -0.135. The molecule has 1 N–H and O–H groups in total. The van der Waals surface area contributed by atoms with Gasteiger partial charge in [-0.1, -0.05) is 41.1 Å². The molecule has 3 fully saturated rings. The Morgan fingerprint density at radius 2 is 1.97 bits per heavy atom. The van der Waals surface area contributed by atoms with Crippen molar-refractivity contribution in [3.8, 4) is 0 Å². The van der Waals surface area contributed by atoms with Crippen molar-refractivity contribution in [2.75, 3.05) is 16.8 Å². The van der Waals surface area contributed by atoms with E-state index >= 15 is 0 Å². The number of hydrogen-bond acceptors (Lipinski definition) is 4. The van der Waals surface area contributed by atoms with Gasteiger partial charge < -0.3 is 5.32 Å². The number of halogens is 1. The standard InChI is InChI=1S/C24H22BrN3O3/c1-2-13-8-9-17-16(11-13)24(23(31)26-17)20-19(18-7-4-10-27(18)24)21(29)28(22(20)30)15-6-3-5-14(25)12-15/h3,5-6,8-9,11-12,18-20H,2,4,7,10H2,1H3,(H,26,31)/t18-,19+,20+,24-/m1/s1. The zero-order valence-corrected chi connectivity index (χ0v) is 18.7. The first-order valence-corrected chi connectivity index (χ1v) is 11.6. The van der Waals surface area contributed by atoms with Crippen molar-refractivity contribution in [2.45, 2.75) is 37.8 Å².